The summed E-state index contributed by atoms with van der Waals surface area (Å²) in [6, 6.07) is 0.895. The van der Waals surface area contributed by atoms with Crippen molar-refractivity contribution in [3.05, 3.63) is 0 Å². The molecule has 15 heavy (non-hydrogen) atoms. The fourth-order valence-electron chi connectivity index (χ4n) is 3.55. The van der Waals surface area contributed by atoms with Crippen LogP contribution in [0.4, 0.5) is 0 Å². The molecule has 3 fully saturated rings. The number of piperidine rings is 1. The summed E-state index contributed by atoms with van der Waals surface area (Å²) in [7, 11) is 2.25. The molecule has 1 N–H and O–H groups in total. The lowest BCUT2D eigenvalue weighted by Gasteiger charge is -2.35. The van der Waals surface area contributed by atoms with Gasteiger partial charge in [0.25, 0.3) is 0 Å². The van der Waals surface area contributed by atoms with Gasteiger partial charge in [0.1, 0.15) is 0 Å². The minimum absolute atomic E-state index is 0.895. The minimum atomic E-state index is 0.895. The summed E-state index contributed by atoms with van der Waals surface area (Å²) in [5.41, 5.74) is 0. The standard InChI is InChI=1S/C12H23N3/c1-14-4-2-12(3-5-14)15-8-10-6-13-7-11(10)9-15/h10-13H,2-9H2,1H3. The number of likely N-dealkylation sites (tertiary alicyclic amines) is 2. The molecule has 3 aliphatic heterocycles. The first-order chi connectivity index (χ1) is 7.33. The van der Waals surface area contributed by atoms with Crippen LogP contribution in [0.2, 0.25) is 0 Å². The third-order valence-corrected chi connectivity index (χ3v) is 4.62. The summed E-state index contributed by atoms with van der Waals surface area (Å²) in [4.78, 5) is 5.25. The SMILES string of the molecule is CN1CCC(N2CC3CNCC3C2)CC1. The van der Waals surface area contributed by atoms with Gasteiger partial charge in [0.05, 0.1) is 0 Å². The van der Waals surface area contributed by atoms with Gasteiger partial charge in [0, 0.05) is 19.1 Å². The quantitative estimate of drug-likeness (QED) is 0.667. The monoisotopic (exact) mass is 209 g/mol. The number of hydrogen-bond donors (Lipinski definition) is 1. The summed E-state index contributed by atoms with van der Waals surface area (Å²) in [5, 5.41) is 3.52. The van der Waals surface area contributed by atoms with E-state index in [-0.39, 0.29) is 0 Å². The van der Waals surface area contributed by atoms with E-state index in [1.54, 1.807) is 0 Å². The Morgan fingerprint density at radius 2 is 1.60 bits per heavy atom. The molecule has 0 aromatic carbocycles. The highest BCUT2D eigenvalue weighted by Gasteiger charge is 2.38. The van der Waals surface area contributed by atoms with Crippen molar-refractivity contribution in [1.82, 2.24) is 15.1 Å². The topological polar surface area (TPSA) is 18.5 Å². The van der Waals surface area contributed by atoms with Crippen LogP contribution < -0.4 is 5.32 Å². The smallest absolute Gasteiger partial charge is 0.0120 e. The molecule has 0 spiro atoms. The van der Waals surface area contributed by atoms with E-state index in [4.69, 9.17) is 0 Å². The summed E-state index contributed by atoms with van der Waals surface area (Å²) in [5.74, 6) is 1.93. The molecule has 3 saturated heterocycles. The highest BCUT2D eigenvalue weighted by molar-refractivity contribution is 4.94. The number of nitrogens with zero attached hydrogens (tertiary/aromatic N) is 2. The van der Waals surface area contributed by atoms with E-state index < -0.39 is 0 Å². The Morgan fingerprint density at radius 3 is 2.20 bits per heavy atom. The molecule has 3 heterocycles. The zero-order chi connectivity index (χ0) is 10.3. The lowest BCUT2D eigenvalue weighted by molar-refractivity contribution is 0.136. The Labute approximate surface area is 92.8 Å². The molecule has 3 rings (SSSR count). The van der Waals surface area contributed by atoms with Crippen LogP contribution in [-0.2, 0) is 0 Å². The minimum Gasteiger partial charge on any atom is -0.316 e. The van der Waals surface area contributed by atoms with Crippen LogP contribution in [0.3, 0.4) is 0 Å². The number of nitrogens with one attached hydrogen (secondary N) is 1. The van der Waals surface area contributed by atoms with Gasteiger partial charge in [-0.3, -0.25) is 4.90 Å². The van der Waals surface area contributed by atoms with Crippen LogP contribution in [0.25, 0.3) is 0 Å². The maximum Gasteiger partial charge on any atom is 0.0120 e. The van der Waals surface area contributed by atoms with E-state index in [0.717, 1.165) is 17.9 Å². The molecule has 2 unspecified atom stereocenters. The zero-order valence-corrected chi connectivity index (χ0v) is 9.78. The van der Waals surface area contributed by atoms with Gasteiger partial charge in [-0.25, -0.2) is 0 Å². The fourth-order valence-corrected chi connectivity index (χ4v) is 3.55. The first-order valence-corrected chi connectivity index (χ1v) is 6.46. The van der Waals surface area contributed by atoms with Crippen LogP contribution >= 0.6 is 0 Å². The van der Waals surface area contributed by atoms with Crippen LogP contribution in [0.15, 0.2) is 0 Å². The van der Waals surface area contributed by atoms with E-state index in [2.05, 4.69) is 22.2 Å². The number of fused-ring (bicyclic) bond motifs is 1. The average molecular weight is 209 g/mol. The van der Waals surface area contributed by atoms with Crippen molar-refractivity contribution in [2.24, 2.45) is 11.8 Å². The molecule has 0 aromatic rings. The molecule has 3 nitrogen and oxygen atoms in total. The molecule has 0 bridgehead atoms. The van der Waals surface area contributed by atoms with Crippen molar-refractivity contribution in [3.63, 3.8) is 0 Å². The molecule has 0 saturated carbocycles. The number of rotatable bonds is 1. The van der Waals surface area contributed by atoms with Crippen molar-refractivity contribution in [2.45, 2.75) is 18.9 Å². The first-order valence-electron chi connectivity index (χ1n) is 6.46. The van der Waals surface area contributed by atoms with Crippen molar-refractivity contribution >= 4 is 0 Å². The van der Waals surface area contributed by atoms with E-state index >= 15 is 0 Å². The van der Waals surface area contributed by atoms with E-state index in [1.807, 2.05) is 0 Å². The Hall–Kier alpha value is -0.120. The average Bonchev–Trinajstić information content (AvgIpc) is 2.78. The Bertz CT molecular complexity index is 211. The predicted molar refractivity (Wildman–Crippen MR) is 61.9 cm³/mol. The second-order valence-corrected chi connectivity index (χ2v) is 5.67. The summed E-state index contributed by atoms with van der Waals surface area (Å²) >= 11 is 0. The Kier molecular flexibility index (Phi) is 2.71. The largest absolute Gasteiger partial charge is 0.316 e. The summed E-state index contributed by atoms with van der Waals surface area (Å²) < 4.78 is 0. The third-order valence-electron chi connectivity index (χ3n) is 4.62. The third kappa shape index (κ3) is 1.93. The molecule has 86 valence electrons. The van der Waals surface area contributed by atoms with E-state index in [1.165, 1.54) is 52.1 Å². The highest BCUT2D eigenvalue weighted by atomic mass is 15.2. The van der Waals surface area contributed by atoms with Crippen LogP contribution in [0, 0.1) is 11.8 Å². The molecule has 0 amide bonds. The normalized spacial score (nSPS) is 39.8. The number of hydrogen-bond acceptors (Lipinski definition) is 3. The van der Waals surface area contributed by atoms with Gasteiger partial charge < -0.3 is 10.2 Å². The highest BCUT2D eigenvalue weighted by Crippen LogP contribution is 2.30. The van der Waals surface area contributed by atoms with Crippen molar-refractivity contribution in [3.8, 4) is 0 Å². The first kappa shape index (κ1) is 10.1. The van der Waals surface area contributed by atoms with Gasteiger partial charge in [-0.15, -0.1) is 0 Å². The maximum absolute atomic E-state index is 3.52. The van der Waals surface area contributed by atoms with Crippen molar-refractivity contribution in [1.29, 1.82) is 0 Å². The predicted octanol–water partition coefficient (Wildman–Crippen LogP) is 0.232. The molecule has 3 heteroatoms. The van der Waals surface area contributed by atoms with E-state index in [9.17, 15) is 0 Å². The van der Waals surface area contributed by atoms with Gasteiger partial charge in [0.2, 0.25) is 0 Å². The van der Waals surface area contributed by atoms with Gasteiger partial charge in [-0.2, -0.15) is 0 Å². The molecule has 3 aliphatic rings. The zero-order valence-electron chi connectivity index (χ0n) is 9.78. The van der Waals surface area contributed by atoms with Gasteiger partial charge in [0.15, 0.2) is 0 Å². The fraction of sp³-hybridized carbons (Fsp3) is 1.00. The molecule has 2 atom stereocenters. The van der Waals surface area contributed by atoms with E-state index in [0.29, 0.717) is 0 Å². The van der Waals surface area contributed by atoms with Gasteiger partial charge in [-0.05, 0) is 57.9 Å². The molecular formula is C12H23N3. The lowest BCUT2D eigenvalue weighted by Crippen LogP contribution is -2.43. The van der Waals surface area contributed by atoms with Gasteiger partial charge in [-0.1, -0.05) is 0 Å². The summed E-state index contributed by atoms with van der Waals surface area (Å²) in [6.45, 7) is 7.88. The molecule has 0 radical (unpaired) electrons. The lowest BCUT2D eigenvalue weighted by atomic mass is 10.0. The van der Waals surface area contributed by atoms with Crippen LogP contribution in [0.1, 0.15) is 12.8 Å². The molecule has 0 aliphatic carbocycles. The molecular weight excluding hydrogens is 186 g/mol. The Balaban J connectivity index is 1.56. The van der Waals surface area contributed by atoms with Crippen LogP contribution in [-0.4, -0.2) is 62.2 Å². The second kappa shape index (κ2) is 4.04. The van der Waals surface area contributed by atoms with Crippen LogP contribution in [0.5, 0.6) is 0 Å². The van der Waals surface area contributed by atoms with Crippen molar-refractivity contribution < 1.29 is 0 Å². The molecule has 0 aromatic heterocycles. The second-order valence-electron chi connectivity index (χ2n) is 5.67. The maximum atomic E-state index is 3.52. The van der Waals surface area contributed by atoms with Crippen molar-refractivity contribution in [2.75, 3.05) is 46.3 Å². The van der Waals surface area contributed by atoms with Gasteiger partial charge >= 0.3 is 0 Å². The Morgan fingerprint density at radius 1 is 1.00 bits per heavy atom. The summed E-state index contributed by atoms with van der Waals surface area (Å²) in [6.07, 6.45) is 2.78.